The molecule has 3 atom stereocenters. The van der Waals surface area contributed by atoms with Crippen molar-refractivity contribution in [1.82, 2.24) is 14.8 Å². The summed E-state index contributed by atoms with van der Waals surface area (Å²) < 4.78 is 0. The van der Waals surface area contributed by atoms with Crippen LogP contribution in [0.2, 0.25) is 0 Å². The molecule has 3 unspecified atom stereocenters. The predicted molar refractivity (Wildman–Crippen MR) is 198 cm³/mol. The second-order valence-corrected chi connectivity index (χ2v) is 13.3. The molecular weight excluding hydrogens is 590 g/mol. The van der Waals surface area contributed by atoms with Gasteiger partial charge in [-0.15, -0.1) is 6.58 Å². The van der Waals surface area contributed by atoms with Gasteiger partial charge in [-0.1, -0.05) is 86.7 Å². The molecule has 0 N–H and O–H groups in total. The van der Waals surface area contributed by atoms with E-state index in [-0.39, 0.29) is 17.9 Å². The molecule has 0 radical (unpaired) electrons. The highest BCUT2D eigenvalue weighted by molar-refractivity contribution is 6.07. The summed E-state index contributed by atoms with van der Waals surface area (Å²) in [5.41, 5.74) is 5.16. The molecule has 1 aliphatic heterocycles. The molecule has 48 heavy (non-hydrogen) atoms. The lowest BCUT2D eigenvalue weighted by Crippen LogP contribution is -2.43. The minimum absolute atomic E-state index is 0.0250. The van der Waals surface area contributed by atoms with E-state index in [1.165, 1.54) is 16.7 Å². The SMILES string of the molecule is C=CCN(CC)CC1CCCN1C(=O)c1cc(N(Cc2ccccc2)Cc2ccccc2)nc2ccc(C(CC)CCC(C)C#N)cc12. The Morgan fingerprint density at radius 3 is 2.31 bits per heavy atom. The number of hydrogen-bond donors (Lipinski definition) is 0. The maximum atomic E-state index is 14.8. The van der Waals surface area contributed by atoms with Crippen LogP contribution >= 0.6 is 0 Å². The summed E-state index contributed by atoms with van der Waals surface area (Å²) in [6, 6.07) is 32.1. The Balaban J connectivity index is 1.59. The van der Waals surface area contributed by atoms with E-state index in [2.05, 4.69) is 114 Å². The van der Waals surface area contributed by atoms with E-state index >= 15 is 0 Å². The van der Waals surface area contributed by atoms with Gasteiger partial charge in [0.1, 0.15) is 5.82 Å². The van der Waals surface area contributed by atoms with E-state index in [4.69, 9.17) is 4.98 Å². The first-order valence-electron chi connectivity index (χ1n) is 17.7. The van der Waals surface area contributed by atoms with Gasteiger partial charge in [0, 0.05) is 50.1 Å². The zero-order chi connectivity index (χ0) is 33.9. The number of benzene rings is 3. The summed E-state index contributed by atoms with van der Waals surface area (Å²) in [4.78, 5) is 26.8. The van der Waals surface area contributed by atoms with Crippen molar-refractivity contribution >= 4 is 22.6 Å². The van der Waals surface area contributed by atoms with Crippen molar-refractivity contribution in [2.24, 2.45) is 5.92 Å². The third-order valence-electron chi connectivity index (χ3n) is 9.88. The zero-order valence-corrected chi connectivity index (χ0v) is 29.0. The van der Waals surface area contributed by atoms with Gasteiger partial charge in [0.05, 0.1) is 17.1 Å². The summed E-state index contributed by atoms with van der Waals surface area (Å²) in [7, 11) is 0. The minimum atomic E-state index is 0.0250. The molecule has 4 aromatic rings. The number of amides is 1. The monoisotopic (exact) mass is 641 g/mol. The fourth-order valence-electron chi connectivity index (χ4n) is 7.03. The second kappa shape index (κ2) is 17.1. The zero-order valence-electron chi connectivity index (χ0n) is 29.0. The van der Waals surface area contributed by atoms with Gasteiger partial charge in [0.2, 0.25) is 0 Å². The van der Waals surface area contributed by atoms with E-state index in [1.807, 2.05) is 25.1 Å². The standard InChI is InChI=1S/C42H51N5O/c1-5-24-45(7-3)31-37-19-14-25-47(37)42(48)39-27-41(46(29-33-15-10-8-11-16-33)30-34-17-12-9-13-18-34)44-40-23-22-36(26-38(39)40)35(6-2)21-20-32(4)28-43/h5,8-13,15-18,22-23,26-27,32,35,37H,1,6-7,14,19-21,24-25,29-31H2,2-4H3. The van der Waals surface area contributed by atoms with Gasteiger partial charge in [-0.05, 0) is 86.4 Å². The maximum absolute atomic E-state index is 14.8. The van der Waals surface area contributed by atoms with Gasteiger partial charge in [0.15, 0.2) is 0 Å². The van der Waals surface area contributed by atoms with Gasteiger partial charge >= 0.3 is 0 Å². The first-order chi connectivity index (χ1) is 23.4. The molecule has 0 bridgehead atoms. The van der Waals surface area contributed by atoms with Crippen LogP contribution in [0.4, 0.5) is 5.82 Å². The van der Waals surface area contributed by atoms with Crippen LogP contribution in [0.25, 0.3) is 10.9 Å². The average Bonchev–Trinajstić information content (AvgIpc) is 3.59. The molecule has 2 heterocycles. The third-order valence-corrected chi connectivity index (χ3v) is 9.88. The quantitative estimate of drug-likeness (QED) is 0.114. The molecule has 0 spiro atoms. The van der Waals surface area contributed by atoms with Gasteiger partial charge in [-0.2, -0.15) is 5.26 Å². The van der Waals surface area contributed by atoms with Crippen LogP contribution in [0, 0.1) is 17.2 Å². The average molecular weight is 642 g/mol. The summed E-state index contributed by atoms with van der Waals surface area (Å²) >= 11 is 0. The topological polar surface area (TPSA) is 63.5 Å². The molecule has 1 fully saturated rings. The van der Waals surface area contributed by atoms with E-state index in [9.17, 15) is 10.1 Å². The molecule has 1 aromatic heterocycles. The number of carbonyl (C=O) groups excluding carboxylic acids is 1. The van der Waals surface area contributed by atoms with Crippen molar-refractivity contribution in [3.63, 3.8) is 0 Å². The Bertz CT molecular complexity index is 1640. The number of likely N-dealkylation sites (tertiary alicyclic amines) is 1. The Labute approximate surface area is 287 Å². The first kappa shape index (κ1) is 34.9. The molecular formula is C42H51N5O. The molecule has 1 saturated heterocycles. The van der Waals surface area contributed by atoms with Crippen LogP contribution < -0.4 is 4.90 Å². The predicted octanol–water partition coefficient (Wildman–Crippen LogP) is 8.99. The summed E-state index contributed by atoms with van der Waals surface area (Å²) in [5, 5.41) is 10.3. The van der Waals surface area contributed by atoms with Crippen molar-refractivity contribution in [3.8, 4) is 6.07 Å². The number of rotatable bonds is 16. The van der Waals surface area contributed by atoms with Gasteiger partial charge < -0.3 is 9.80 Å². The van der Waals surface area contributed by atoms with Crippen molar-refractivity contribution in [2.75, 3.05) is 31.1 Å². The van der Waals surface area contributed by atoms with Crippen molar-refractivity contribution in [2.45, 2.75) is 77.9 Å². The number of pyridine rings is 1. The largest absolute Gasteiger partial charge is 0.348 e. The van der Waals surface area contributed by atoms with E-state index < -0.39 is 0 Å². The Kier molecular flexibility index (Phi) is 12.4. The summed E-state index contributed by atoms with van der Waals surface area (Å²) in [6.45, 7) is 15.0. The van der Waals surface area contributed by atoms with Gasteiger partial charge in [-0.3, -0.25) is 9.69 Å². The molecule has 0 aliphatic carbocycles. The van der Waals surface area contributed by atoms with Crippen LogP contribution in [0.1, 0.15) is 85.8 Å². The third kappa shape index (κ3) is 8.70. The van der Waals surface area contributed by atoms with Crippen molar-refractivity contribution in [3.05, 3.63) is 120 Å². The minimum Gasteiger partial charge on any atom is -0.348 e. The lowest BCUT2D eigenvalue weighted by atomic mass is 9.88. The van der Waals surface area contributed by atoms with Crippen LogP contribution in [-0.4, -0.2) is 52.9 Å². The smallest absolute Gasteiger partial charge is 0.254 e. The van der Waals surface area contributed by atoms with Crippen molar-refractivity contribution < 1.29 is 4.79 Å². The Morgan fingerprint density at radius 2 is 1.71 bits per heavy atom. The molecule has 1 aliphatic rings. The number of anilines is 1. The van der Waals surface area contributed by atoms with Crippen LogP contribution in [0.5, 0.6) is 0 Å². The Hall–Kier alpha value is -4.47. The van der Waals surface area contributed by atoms with Crippen LogP contribution in [0.3, 0.4) is 0 Å². The maximum Gasteiger partial charge on any atom is 0.254 e. The Morgan fingerprint density at radius 1 is 1.02 bits per heavy atom. The van der Waals surface area contributed by atoms with Gasteiger partial charge in [0.25, 0.3) is 5.91 Å². The number of nitriles is 1. The van der Waals surface area contributed by atoms with Crippen molar-refractivity contribution in [1.29, 1.82) is 5.26 Å². The fourth-order valence-corrected chi connectivity index (χ4v) is 7.03. The summed E-state index contributed by atoms with van der Waals surface area (Å²) in [6.07, 6.45) is 6.74. The number of carbonyl (C=O) groups is 1. The summed E-state index contributed by atoms with van der Waals surface area (Å²) in [5.74, 6) is 1.23. The van der Waals surface area contributed by atoms with Gasteiger partial charge in [-0.25, -0.2) is 4.98 Å². The van der Waals surface area contributed by atoms with E-state index in [0.29, 0.717) is 19.0 Å². The number of aromatic nitrogens is 1. The number of hydrogen-bond acceptors (Lipinski definition) is 5. The lowest BCUT2D eigenvalue weighted by molar-refractivity contribution is 0.0708. The highest BCUT2D eigenvalue weighted by Gasteiger charge is 2.32. The van der Waals surface area contributed by atoms with E-state index in [1.54, 1.807) is 0 Å². The first-order valence-corrected chi connectivity index (χ1v) is 17.7. The number of fused-ring (bicyclic) bond motifs is 1. The molecule has 5 rings (SSSR count). The normalized spacial score (nSPS) is 15.7. The molecule has 1 amide bonds. The molecule has 6 heteroatoms. The lowest BCUT2D eigenvalue weighted by Gasteiger charge is -2.31. The van der Waals surface area contributed by atoms with Crippen LogP contribution in [0.15, 0.2) is 97.6 Å². The second-order valence-electron chi connectivity index (χ2n) is 13.3. The molecule has 0 saturated carbocycles. The van der Waals surface area contributed by atoms with E-state index in [0.717, 1.165) is 80.6 Å². The van der Waals surface area contributed by atoms with Crippen LogP contribution in [-0.2, 0) is 13.1 Å². The highest BCUT2D eigenvalue weighted by atomic mass is 16.2. The molecule has 250 valence electrons. The molecule has 3 aromatic carbocycles. The molecule has 6 nitrogen and oxygen atoms in total. The fraction of sp³-hybridized carbons (Fsp3) is 0.405. The highest BCUT2D eigenvalue weighted by Crippen LogP contribution is 2.33. The number of nitrogens with zero attached hydrogens (tertiary/aromatic N) is 5. The number of likely N-dealkylation sites (N-methyl/N-ethyl adjacent to an activating group) is 1.